The van der Waals surface area contributed by atoms with Crippen molar-refractivity contribution in [2.75, 3.05) is 19.6 Å². The standard InChI is InChI=1S/C25H25ClN4O2S.ClH/c26-20-10-8-19(9-11-20)24(31)29(15-13-27)14-4-7-22-28-23-21(12-16-33-23)25(32)30(22)17-18-5-2-1-3-6-18;/h1-3,5-6,8-12,16H,4,7,13-15,17,27H2;1H. The Balaban J connectivity index is 0.00000324. The van der Waals surface area contributed by atoms with Gasteiger partial charge in [0.05, 0.1) is 11.9 Å². The molecule has 0 aliphatic carbocycles. The van der Waals surface area contributed by atoms with Gasteiger partial charge in [-0.2, -0.15) is 0 Å². The topological polar surface area (TPSA) is 81.2 Å². The summed E-state index contributed by atoms with van der Waals surface area (Å²) < 4.78 is 1.75. The number of benzene rings is 2. The predicted octanol–water partition coefficient (Wildman–Crippen LogP) is 4.62. The van der Waals surface area contributed by atoms with Crippen LogP contribution in [0.5, 0.6) is 0 Å². The first-order valence-electron chi connectivity index (χ1n) is 10.8. The Morgan fingerprint density at radius 1 is 1.06 bits per heavy atom. The summed E-state index contributed by atoms with van der Waals surface area (Å²) in [6.45, 7) is 1.81. The van der Waals surface area contributed by atoms with Gasteiger partial charge in [0.15, 0.2) is 0 Å². The fraction of sp³-hybridized carbons (Fsp3) is 0.240. The van der Waals surface area contributed by atoms with Crippen LogP contribution < -0.4 is 11.3 Å². The molecule has 34 heavy (non-hydrogen) atoms. The molecule has 0 unspecified atom stereocenters. The van der Waals surface area contributed by atoms with Crippen LogP contribution in [0, 0.1) is 0 Å². The van der Waals surface area contributed by atoms with Gasteiger partial charge in [-0.15, -0.1) is 23.7 Å². The zero-order valence-electron chi connectivity index (χ0n) is 18.5. The van der Waals surface area contributed by atoms with Crippen molar-refractivity contribution in [2.45, 2.75) is 19.4 Å². The third-order valence-corrected chi connectivity index (χ3v) is 6.51. The summed E-state index contributed by atoms with van der Waals surface area (Å²) in [6, 6.07) is 18.6. The van der Waals surface area contributed by atoms with E-state index in [0.29, 0.717) is 55.0 Å². The van der Waals surface area contributed by atoms with Gasteiger partial charge in [-0.25, -0.2) is 4.98 Å². The molecular weight excluding hydrogens is 491 g/mol. The molecular formula is C25H26Cl2N4O2S. The zero-order valence-corrected chi connectivity index (χ0v) is 20.9. The van der Waals surface area contributed by atoms with E-state index in [1.807, 2.05) is 41.8 Å². The molecule has 4 rings (SSSR count). The summed E-state index contributed by atoms with van der Waals surface area (Å²) in [4.78, 5) is 33.4. The minimum Gasteiger partial charge on any atom is -0.337 e. The molecule has 2 N–H and O–H groups in total. The summed E-state index contributed by atoms with van der Waals surface area (Å²) >= 11 is 7.41. The minimum absolute atomic E-state index is 0. The normalized spacial score (nSPS) is 10.8. The van der Waals surface area contributed by atoms with E-state index in [0.717, 1.165) is 16.2 Å². The van der Waals surface area contributed by atoms with Crippen LogP contribution in [0.3, 0.4) is 0 Å². The molecule has 2 heterocycles. The molecule has 178 valence electrons. The number of carbonyl (C=O) groups is 1. The molecule has 0 bridgehead atoms. The van der Waals surface area contributed by atoms with E-state index < -0.39 is 0 Å². The van der Waals surface area contributed by atoms with E-state index in [9.17, 15) is 9.59 Å². The number of halogens is 2. The number of fused-ring (bicyclic) bond motifs is 1. The lowest BCUT2D eigenvalue weighted by Gasteiger charge is -2.22. The maximum Gasteiger partial charge on any atom is 0.262 e. The van der Waals surface area contributed by atoms with Gasteiger partial charge in [0.25, 0.3) is 11.5 Å². The summed E-state index contributed by atoms with van der Waals surface area (Å²) in [5.41, 5.74) is 7.35. The van der Waals surface area contributed by atoms with Crippen LogP contribution in [0.25, 0.3) is 10.2 Å². The van der Waals surface area contributed by atoms with Crippen LogP contribution >= 0.6 is 35.3 Å². The van der Waals surface area contributed by atoms with Crippen molar-refractivity contribution in [1.82, 2.24) is 14.5 Å². The Bertz CT molecular complexity index is 1290. The van der Waals surface area contributed by atoms with Gasteiger partial charge in [0, 0.05) is 36.6 Å². The molecule has 1 amide bonds. The molecule has 2 aromatic heterocycles. The Labute approximate surface area is 213 Å². The number of nitrogens with two attached hydrogens (primary N) is 1. The number of carbonyl (C=O) groups excluding carboxylic acids is 1. The number of nitrogens with zero attached hydrogens (tertiary/aromatic N) is 3. The molecule has 0 saturated carbocycles. The fourth-order valence-electron chi connectivity index (χ4n) is 3.78. The summed E-state index contributed by atoms with van der Waals surface area (Å²) in [6.07, 6.45) is 1.24. The number of hydrogen-bond donors (Lipinski definition) is 1. The highest BCUT2D eigenvalue weighted by Crippen LogP contribution is 2.17. The smallest absolute Gasteiger partial charge is 0.262 e. The van der Waals surface area contributed by atoms with Gasteiger partial charge in [-0.05, 0) is 47.7 Å². The first kappa shape index (κ1) is 25.9. The van der Waals surface area contributed by atoms with Crippen LogP contribution in [-0.2, 0) is 13.0 Å². The van der Waals surface area contributed by atoms with E-state index in [-0.39, 0.29) is 23.9 Å². The lowest BCUT2D eigenvalue weighted by Crippen LogP contribution is -2.36. The van der Waals surface area contributed by atoms with Crippen molar-refractivity contribution in [3.05, 3.63) is 98.4 Å². The summed E-state index contributed by atoms with van der Waals surface area (Å²) in [5, 5.41) is 3.12. The molecule has 0 saturated heterocycles. The molecule has 0 fully saturated rings. The highest BCUT2D eigenvalue weighted by Gasteiger charge is 2.17. The van der Waals surface area contributed by atoms with Crippen LogP contribution in [0.4, 0.5) is 0 Å². The SMILES string of the molecule is Cl.NCCN(CCCc1nc2sccc2c(=O)n1Cc1ccccc1)C(=O)c1ccc(Cl)cc1. The maximum absolute atomic E-state index is 13.2. The highest BCUT2D eigenvalue weighted by atomic mass is 35.5. The van der Waals surface area contributed by atoms with E-state index in [4.69, 9.17) is 22.3 Å². The average molecular weight is 517 g/mol. The van der Waals surface area contributed by atoms with Gasteiger partial charge in [-0.1, -0.05) is 41.9 Å². The van der Waals surface area contributed by atoms with E-state index in [1.165, 1.54) is 11.3 Å². The van der Waals surface area contributed by atoms with Crippen molar-refractivity contribution in [3.8, 4) is 0 Å². The number of aryl methyl sites for hydroxylation is 1. The number of thiophene rings is 1. The maximum atomic E-state index is 13.2. The zero-order chi connectivity index (χ0) is 23.2. The molecule has 0 aliphatic rings. The lowest BCUT2D eigenvalue weighted by molar-refractivity contribution is 0.0758. The second-order valence-corrected chi connectivity index (χ2v) is 9.07. The Hall–Kier alpha value is -2.71. The predicted molar refractivity (Wildman–Crippen MR) is 141 cm³/mol. The van der Waals surface area contributed by atoms with Gasteiger partial charge in [0.2, 0.25) is 0 Å². The fourth-order valence-corrected chi connectivity index (χ4v) is 4.68. The van der Waals surface area contributed by atoms with E-state index >= 15 is 0 Å². The third-order valence-electron chi connectivity index (χ3n) is 5.45. The highest BCUT2D eigenvalue weighted by molar-refractivity contribution is 7.16. The van der Waals surface area contributed by atoms with Crippen molar-refractivity contribution in [3.63, 3.8) is 0 Å². The van der Waals surface area contributed by atoms with Crippen molar-refractivity contribution < 1.29 is 4.79 Å². The lowest BCUT2D eigenvalue weighted by atomic mass is 10.1. The number of hydrogen-bond acceptors (Lipinski definition) is 5. The molecule has 4 aromatic rings. The second kappa shape index (κ2) is 12.1. The monoisotopic (exact) mass is 516 g/mol. The molecule has 0 spiro atoms. The minimum atomic E-state index is -0.0829. The molecule has 9 heteroatoms. The van der Waals surface area contributed by atoms with Gasteiger partial charge in [0.1, 0.15) is 10.7 Å². The molecule has 0 aliphatic heterocycles. The summed E-state index contributed by atoms with van der Waals surface area (Å²) in [5.74, 6) is 0.644. The van der Waals surface area contributed by atoms with Crippen LogP contribution in [-0.4, -0.2) is 40.0 Å². The molecule has 0 atom stereocenters. The number of aromatic nitrogens is 2. The van der Waals surface area contributed by atoms with Crippen LogP contribution in [0.15, 0.2) is 70.8 Å². The second-order valence-electron chi connectivity index (χ2n) is 7.74. The summed E-state index contributed by atoms with van der Waals surface area (Å²) in [7, 11) is 0. The van der Waals surface area contributed by atoms with E-state index in [2.05, 4.69) is 0 Å². The third kappa shape index (κ3) is 6.04. The van der Waals surface area contributed by atoms with Crippen molar-refractivity contribution in [1.29, 1.82) is 0 Å². The first-order valence-corrected chi connectivity index (χ1v) is 12.1. The van der Waals surface area contributed by atoms with Gasteiger partial charge < -0.3 is 10.6 Å². The Kier molecular flexibility index (Phi) is 9.24. The van der Waals surface area contributed by atoms with Crippen molar-refractivity contribution >= 4 is 51.5 Å². The average Bonchev–Trinajstić information content (AvgIpc) is 3.30. The first-order chi connectivity index (χ1) is 16.1. The van der Waals surface area contributed by atoms with Gasteiger partial charge >= 0.3 is 0 Å². The number of rotatable bonds is 9. The quantitative estimate of drug-likeness (QED) is 0.352. The van der Waals surface area contributed by atoms with Gasteiger partial charge in [-0.3, -0.25) is 14.2 Å². The van der Waals surface area contributed by atoms with Crippen molar-refractivity contribution in [2.24, 2.45) is 5.73 Å². The van der Waals surface area contributed by atoms with E-state index in [1.54, 1.807) is 33.7 Å². The largest absolute Gasteiger partial charge is 0.337 e. The molecule has 2 aromatic carbocycles. The molecule has 6 nitrogen and oxygen atoms in total. The number of amides is 1. The Morgan fingerprint density at radius 2 is 1.79 bits per heavy atom. The van der Waals surface area contributed by atoms with Crippen LogP contribution in [0.1, 0.15) is 28.2 Å². The Morgan fingerprint density at radius 3 is 2.50 bits per heavy atom. The molecule has 0 radical (unpaired) electrons. The van der Waals surface area contributed by atoms with Crippen LogP contribution in [0.2, 0.25) is 5.02 Å².